The van der Waals surface area contributed by atoms with Gasteiger partial charge in [-0.3, -0.25) is 9.48 Å². The second-order valence-electron chi connectivity index (χ2n) is 8.90. The van der Waals surface area contributed by atoms with Gasteiger partial charge in [0.1, 0.15) is 5.60 Å². The van der Waals surface area contributed by atoms with Crippen LogP contribution in [0.3, 0.4) is 0 Å². The van der Waals surface area contributed by atoms with E-state index >= 15 is 0 Å². The summed E-state index contributed by atoms with van der Waals surface area (Å²) in [5.74, 6) is 0.0791. The van der Waals surface area contributed by atoms with Crippen molar-refractivity contribution in [2.24, 2.45) is 7.05 Å². The number of hydrogen-bond donors (Lipinski definition) is 1. The molecule has 0 saturated heterocycles. The van der Waals surface area contributed by atoms with Gasteiger partial charge >= 0.3 is 6.09 Å². The monoisotopic (exact) mass is 412 g/mol. The molecule has 0 spiro atoms. The fourth-order valence-electron chi connectivity index (χ4n) is 3.70. The lowest BCUT2D eigenvalue weighted by molar-refractivity contribution is 0.0222. The van der Waals surface area contributed by atoms with Crippen LogP contribution in [0.25, 0.3) is 0 Å². The van der Waals surface area contributed by atoms with Gasteiger partial charge in [-0.05, 0) is 44.7 Å². The molecular formula is C23H32N4O3. The minimum absolute atomic E-state index is 0.256. The van der Waals surface area contributed by atoms with Crippen molar-refractivity contribution in [3.8, 4) is 0 Å². The van der Waals surface area contributed by atoms with E-state index < -0.39 is 5.60 Å². The van der Waals surface area contributed by atoms with Crippen molar-refractivity contribution in [3.63, 3.8) is 0 Å². The molecule has 7 nitrogen and oxygen atoms in total. The van der Waals surface area contributed by atoms with Crippen molar-refractivity contribution in [3.05, 3.63) is 46.8 Å². The van der Waals surface area contributed by atoms with Crippen LogP contribution in [0.4, 0.5) is 10.5 Å². The van der Waals surface area contributed by atoms with Crippen LogP contribution in [0.2, 0.25) is 0 Å². The molecule has 2 amide bonds. The summed E-state index contributed by atoms with van der Waals surface area (Å²) in [4.78, 5) is 27.3. The molecule has 2 aromatic rings. The lowest BCUT2D eigenvalue weighted by atomic mass is 9.96. The average Bonchev–Trinajstić information content (AvgIpc) is 3.02. The fourth-order valence-corrected chi connectivity index (χ4v) is 3.70. The Kier molecular flexibility index (Phi) is 6.19. The van der Waals surface area contributed by atoms with E-state index in [0.717, 1.165) is 28.9 Å². The van der Waals surface area contributed by atoms with E-state index in [1.54, 1.807) is 9.58 Å². The van der Waals surface area contributed by atoms with Gasteiger partial charge in [-0.2, -0.15) is 5.10 Å². The van der Waals surface area contributed by atoms with E-state index in [-0.39, 0.29) is 12.0 Å². The van der Waals surface area contributed by atoms with Gasteiger partial charge < -0.3 is 15.0 Å². The predicted octanol–water partition coefficient (Wildman–Crippen LogP) is 4.48. The quantitative estimate of drug-likeness (QED) is 0.803. The zero-order valence-electron chi connectivity index (χ0n) is 18.8. The zero-order chi connectivity index (χ0) is 22.1. The average molecular weight is 413 g/mol. The van der Waals surface area contributed by atoms with Crippen LogP contribution in [-0.2, 0) is 24.8 Å². The van der Waals surface area contributed by atoms with Crippen molar-refractivity contribution in [1.29, 1.82) is 0 Å². The smallest absolute Gasteiger partial charge is 0.410 e. The number of para-hydroxylation sites is 1. The van der Waals surface area contributed by atoms with E-state index in [0.29, 0.717) is 31.1 Å². The Hall–Kier alpha value is -2.83. The predicted molar refractivity (Wildman–Crippen MR) is 117 cm³/mol. The molecule has 2 heterocycles. The maximum atomic E-state index is 13.1. The first-order chi connectivity index (χ1) is 14.1. The second-order valence-corrected chi connectivity index (χ2v) is 8.90. The number of aromatic nitrogens is 2. The molecule has 1 atom stereocenters. The number of nitrogens with zero attached hydrogens (tertiary/aromatic N) is 3. The normalized spacial score (nSPS) is 14.8. The van der Waals surface area contributed by atoms with Crippen LogP contribution in [0.1, 0.15) is 74.3 Å². The van der Waals surface area contributed by atoms with Crippen molar-refractivity contribution in [2.75, 3.05) is 11.9 Å². The summed E-state index contributed by atoms with van der Waals surface area (Å²) in [6.07, 6.45) is 1.25. The summed E-state index contributed by atoms with van der Waals surface area (Å²) < 4.78 is 7.26. The van der Waals surface area contributed by atoms with Gasteiger partial charge in [-0.15, -0.1) is 0 Å². The Morgan fingerprint density at radius 1 is 1.27 bits per heavy atom. The Balaban J connectivity index is 1.84. The lowest BCUT2D eigenvalue weighted by Crippen LogP contribution is -2.40. The summed E-state index contributed by atoms with van der Waals surface area (Å²) in [6.45, 7) is 10.7. The molecule has 7 heteroatoms. The number of hydrogen-bond acceptors (Lipinski definition) is 4. The van der Waals surface area contributed by atoms with Gasteiger partial charge in [0.25, 0.3) is 5.91 Å². The molecule has 1 aliphatic heterocycles. The SMILES string of the molecule is CCC(C)c1ccccc1NC(=O)c1nn(C)c2c1CN(C(=O)OC(C)(C)C)CC2. The first-order valence-corrected chi connectivity index (χ1v) is 10.5. The standard InChI is InChI=1S/C23H32N4O3/c1-7-15(2)16-10-8-9-11-18(16)24-21(28)20-17-14-27(22(29)30-23(3,4)5)13-12-19(17)26(6)25-20/h8-11,15H,7,12-14H2,1-6H3,(H,24,28). The molecule has 1 unspecified atom stereocenters. The molecule has 162 valence electrons. The van der Waals surface area contributed by atoms with Crippen LogP contribution < -0.4 is 5.32 Å². The highest BCUT2D eigenvalue weighted by atomic mass is 16.6. The van der Waals surface area contributed by atoms with E-state index in [1.807, 2.05) is 52.1 Å². The van der Waals surface area contributed by atoms with E-state index in [9.17, 15) is 9.59 Å². The minimum atomic E-state index is -0.563. The molecule has 1 aliphatic rings. The number of benzene rings is 1. The van der Waals surface area contributed by atoms with E-state index in [1.165, 1.54) is 0 Å². The van der Waals surface area contributed by atoms with Gasteiger partial charge in [0.05, 0.1) is 6.54 Å². The highest BCUT2D eigenvalue weighted by Crippen LogP contribution is 2.28. The number of rotatable bonds is 4. The number of carbonyl (C=O) groups is 2. The molecule has 0 bridgehead atoms. The first-order valence-electron chi connectivity index (χ1n) is 10.5. The fraction of sp³-hybridized carbons (Fsp3) is 0.522. The topological polar surface area (TPSA) is 76.5 Å². The van der Waals surface area contributed by atoms with Gasteiger partial charge in [-0.1, -0.05) is 32.0 Å². The maximum Gasteiger partial charge on any atom is 0.410 e. The molecular weight excluding hydrogens is 380 g/mol. The Morgan fingerprint density at radius 2 is 1.97 bits per heavy atom. The Bertz CT molecular complexity index is 942. The number of anilines is 1. The van der Waals surface area contributed by atoms with E-state index in [2.05, 4.69) is 24.3 Å². The second kappa shape index (κ2) is 8.50. The van der Waals surface area contributed by atoms with Crippen molar-refractivity contribution in [1.82, 2.24) is 14.7 Å². The summed E-state index contributed by atoms with van der Waals surface area (Å²) in [7, 11) is 1.84. The number of aryl methyl sites for hydroxylation is 1. The third-order valence-corrected chi connectivity index (χ3v) is 5.46. The number of amides is 2. The van der Waals surface area contributed by atoms with E-state index in [4.69, 9.17) is 4.74 Å². The van der Waals surface area contributed by atoms with Crippen molar-refractivity contribution < 1.29 is 14.3 Å². The number of carbonyl (C=O) groups excluding carboxylic acids is 2. The maximum absolute atomic E-state index is 13.1. The summed E-state index contributed by atoms with van der Waals surface area (Å²) >= 11 is 0. The Labute approximate surface area is 178 Å². The molecule has 3 rings (SSSR count). The molecule has 1 N–H and O–H groups in total. The summed E-state index contributed by atoms with van der Waals surface area (Å²) in [5, 5.41) is 7.52. The van der Waals surface area contributed by atoms with Crippen molar-refractivity contribution >= 4 is 17.7 Å². The molecule has 1 aromatic heterocycles. The van der Waals surface area contributed by atoms with Crippen LogP contribution in [0.5, 0.6) is 0 Å². The number of nitrogens with one attached hydrogen (secondary N) is 1. The van der Waals surface area contributed by atoms with Gasteiger partial charge in [0.2, 0.25) is 0 Å². The van der Waals surface area contributed by atoms with Gasteiger partial charge in [-0.25, -0.2) is 4.79 Å². The highest BCUT2D eigenvalue weighted by molar-refractivity contribution is 6.04. The zero-order valence-corrected chi connectivity index (χ0v) is 18.8. The molecule has 0 aliphatic carbocycles. The summed E-state index contributed by atoms with van der Waals surface area (Å²) in [6, 6.07) is 7.86. The van der Waals surface area contributed by atoms with Crippen LogP contribution in [-0.4, -0.2) is 38.8 Å². The largest absolute Gasteiger partial charge is 0.444 e. The third kappa shape index (κ3) is 4.66. The van der Waals surface area contributed by atoms with Crippen LogP contribution in [0, 0.1) is 0 Å². The molecule has 30 heavy (non-hydrogen) atoms. The molecule has 0 radical (unpaired) electrons. The number of fused-ring (bicyclic) bond motifs is 1. The summed E-state index contributed by atoms with van der Waals surface area (Å²) in [5.41, 5.74) is 3.47. The number of ether oxygens (including phenoxy) is 1. The highest BCUT2D eigenvalue weighted by Gasteiger charge is 2.31. The molecule has 0 saturated carbocycles. The van der Waals surface area contributed by atoms with Gasteiger partial charge in [0.15, 0.2) is 5.69 Å². The Morgan fingerprint density at radius 3 is 2.63 bits per heavy atom. The van der Waals surface area contributed by atoms with Crippen LogP contribution >= 0.6 is 0 Å². The first kappa shape index (κ1) is 21.9. The lowest BCUT2D eigenvalue weighted by Gasteiger charge is -2.30. The van der Waals surface area contributed by atoms with Crippen molar-refractivity contribution in [2.45, 2.75) is 65.5 Å². The minimum Gasteiger partial charge on any atom is -0.444 e. The third-order valence-electron chi connectivity index (χ3n) is 5.46. The molecule has 1 aromatic carbocycles. The molecule has 0 fully saturated rings. The van der Waals surface area contributed by atoms with Crippen LogP contribution in [0.15, 0.2) is 24.3 Å². The van der Waals surface area contributed by atoms with Gasteiger partial charge in [0, 0.05) is 37.0 Å².